The lowest BCUT2D eigenvalue weighted by Crippen LogP contribution is -2.00. The Bertz CT molecular complexity index is 1110. The Hall–Kier alpha value is -2.21. The first kappa shape index (κ1) is 19.1. The van der Waals surface area contributed by atoms with Gasteiger partial charge in [0.25, 0.3) is 0 Å². The second-order valence-electron chi connectivity index (χ2n) is 6.29. The van der Waals surface area contributed by atoms with E-state index in [2.05, 4.69) is 15.0 Å². The smallest absolute Gasteiger partial charge is 0.166 e. The minimum atomic E-state index is 0.485. The molecule has 142 valence electrons. The summed E-state index contributed by atoms with van der Waals surface area (Å²) in [6.45, 7) is 2.51. The lowest BCUT2D eigenvalue weighted by molar-refractivity contribution is 0.303. The van der Waals surface area contributed by atoms with Gasteiger partial charge in [0.05, 0.1) is 16.7 Å². The van der Waals surface area contributed by atoms with Gasteiger partial charge in [-0.3, -0.25) is 4.98 Å². The summed E-state index contributed by atoms with van der Waals surface area (Å²) in [4.78, 5) is 12.4. The molecular weight excluding hydrogens is 413 g/mol. The number of aromatic nitrogens is 3. The highest BCUT2D eigenvalue weighted by Crippen LogP contribution is 2.28. The molecule has 0 fully saturated rings. The van der Waals surface area contributed by atoms with Gasteiger partial charge >= 0.3 is 0 Å². The SMILES string of the molecule is Cc1c(OCc2ccc(Cl)cc2)ccnc1CSc1nc2cc(Cl)ccc2[nH]1. The lowest BCUT2D eigenvalue weighted by atomic mass is 10.2. The summed E-state index contributed by atoms with van der Waals surface area (Å²) in [5.41, 5.74) is 4.90. The third kappa shape index (κ3) is 4.43. The Morgan fingerprint density at radius 2 is 1.82 bits per heavy atom. The van der Waals surface area contributed by atoms with Crippen molar-refractivity contribution in [2.75, 3.05) is 0 Å². The van der Waals surface area contributed by atoms with Crippen LogP contribution in [-0.2, 0) is 12.4 Å². The van der Waals surface area contributed by atoms with Crippen LogP contribution in [0.15, 0.2) is 59.9 Å². The molecule has 2 aromatic heterocycles. The molecule has 0 aliphatic heterocycles. The van der Waals surface area contributed by atoms with Crippen LogP contribution >= 0.6 is 35.0 Å². The topological polar surface area (TPSA) is 50.8 Å². The fourth-order valence-electron chi connectivity index (χ4n) is 2.76. The van der Waals surface area contributed by atoms with E-state index in [1.165, 1.54) is 0 Å². The van der Waals surface area contributed by atoms with Crippen LogP contribution < -0.4 is 4.74 Å². The summed E-state index contributed by atoms with van der Waals surface area (Å²) in [5, 5.41) is 2.24. The molecule has 0 saturated heterocycles. The molecular formula is C21H17Cl2N3OS. The number of benzene rings is 2. The summed E-state index contributed by atoms with van der Waals surface area (Å²) >= 11 is 13.6. The zero-order chi connectivity index (χ0) is 19.5. The second kappa shape index (κ2) is 8.43. The molecule has 0 radical (unpaired) electrons. The first-order chi connectivity index (χ1) is 13.6. The molecule has 4 rings (SSSR count). The van der Waals surface area contributed by atoms with E-state index >= 15 is 0 Å². The van der Waals surface area contributed by atoms with E-state index < -0.39 is 0 Å². The molecule has 2 heterocycles. The standard InChI is InChI=1S/C21H17Cl2N3OS/c1-13-19(12-28-21-25-17-7-6-16(23)10-18(17)26-21)24-9-8-20(13)27-11-14-2-4-15(22)5-3-14/h2-10H,11-12H2,1H3,(H,25,26). The number of thioether (sulfide) groups is 1. The summed E-state index contributed by atoms with van der Waals surface area (Å²) in [6.07, 6.45) is 1.78. The van der Waals surface area contributed by atoms with Crippen LogP contribution in [0.3, 0.4) is 0 Å². The van der Waals surface area contributed by atoms with Crippen LogP contribution in [0, 0.1) is 6.92 Å². The van der Waals surface area contributed by atoms with E-state index in [1.54, 1.807) is 18.0 Å². The molecule has 1 N–H and O–H groups in total. The lowest BCUT2D eigenvalue weighted by Gasteiger charge is -2.12. The highest BCUT2D eigenvalue weighted by atomic mass is 35.5. The van der Waals surface area contributed by atoms with Crippen molar-refractivity contribution >= 4 is 46.0 Å². The average molecular weight is 430 g/mol. The highest BCUT2D eigenvalue weighted by Gasteiger charge is 2.10. The summed E-state index contributed by atoms with van der Waals surface area (Å²) in [6, 6.07) is 15.2. The van der Waals surface area contributed by atoms with Gasteiger partial charge in [0.1, 0.15) is 12.4 Å². The third-order valence-corrected chi connectivity index (χ3v) is 5.71. The number of rotatable bonds is 6. The first-order valence-electron chi connectivity index (χ1n) is 8.68. The van der Waals surface area contributed by atoms with Crippen LogP contribution in [0.5, 0.6) is 5.75 Å². The molecule has 2 aromatic carbocycles. The Morgan fingerprint density at radius 3 is 2.64 bits per heavy atom. The van der Waals surface area contributed by atoms with E-state index in [1.807, 2.05) is 55.5 Å². The normalized spacial score (nSPS) is 11.1. The van der Waals surface area contributed by atoms with E-state index in [-0.39, 0.29) is 0 Å². The van der Waals surface area contributed by atoms with Crippen molar-refractivity contribution in [3.63, 3.8) is 0 Å². The number of imidazole rings is 1. The van der Waals surface area contributed by atoms with Crippen molar-refractivity contribution in [3.8, 4) is 5.75 Å². The van der Waals surface area contributed by atoms with Gasteiger partial charge in [-0.1, -0.05) is 47.1 Å². The second-order valence-corrected chi connectivity index (χ2v) is 8.12. The van der Waals surface area contributed by atoms with Gasteiger partial charge in [-0.2, -0.15) is 0 Å². The van der Waals surface area contributed by atoms with Crippen molar-refractivity contribution in [3.05, 3.63) is 81.6 Å². The maximum Gasteiger partial charge on any atom is 0.166 e. The van der Waals surface area contributed by atoms with E-state index in [0.29, 0.717) is 17.4 Å². The minimum Gasteiger partial charge on any atom is -0.489 e. The monoisotopic (exact) mass is 429 g/mol. The fraction of sp³-hybridized carbons (Fsp3) is 0.143. The van der Waals surface area contributed by atoms with E-state index in [9.17, 15) is 0 Å². The number of fused-ring (bicyclic) bond motifs is 1. The third-order valence-electron chi connectivity index (χ3n) is 4.34. The molecule has 7 heteroatoms. The number of nitrogens with zero attached hydrogens (tertiary/aromatic N) is 2. The number of aromatic amines is 1. The van der Waals surface area contributed by atoms with Gasteiger partial charge in [-0.25, -0.2) is 4.98 Å². The number of hydrogen-bond donors (Lipinski definition) is 1. The largest absolute Gasteiger partial charge is 0.489 e. The molecule has 0 amide bonds. The Balaban J connectivity index is 1.44. The Morgan fingerprint density at radius 1 is 1.04 bits per heavy atom. The molecule has 0 spiro atoms. The molecule has 0 bridgehead atoms. The van der Waals surface area contributed by atoms with Crippen molar-refractivity contribution < 1.29 is 4.74 Å². The molecule has 0 aliphatic carbocycles. The van der Waals surface area contributed by atoms with Crippen molar-refractivity contribution in [2.45, 2.75) is 24.4 Å². The quantitative estimate of drug-likeness (QED) is 0.358. The van der Waals surface area contributed by atoms with Crippen molar-refractivity contribution in [1.29, 1.82) is 0 Å². The zero-order valence-corrected chi connectivity index (χ0v) is 17.4. The van der Waals surface area contributed by atoms with Gasteiger partial charge in [-0.15, -0.1) is 0 Å². The molecule has 4 nitrogen and oxygen atoms in total. The molecule has 0 unspecified atom stereocenters. The van der Waals surface area contributed by atoms with Gasteiger partial charge in [0.2, 0.25) is 0 Å². The van der Waals surface area contributed by atoms with Crippen LogP contribution in [0.1, 0.15) is 16.8 Å². The van der Waals surface area contributed by atoms with Crippen LogP contribution in [-0.4, -0.2) is 15.0 Å². The Kier molecular flexibility index (Phi) is 5.76. The molecule has 0 aliphatic rings. The predicted octanol–water partition coefficient (Wildman–Crippen LogP) is 6.44. The molecule has 4 aromatic rings. The number of halogens is 2. The maximum atomic E-state index is 6.03. The molecule has 0 atom stereocenters. The summed E-state index contributed by atoms with van der Waals surface area (Å²) in [7, 11) is 0. The van der Waals surface area contributed by atoms with Gasteiger partial charge in [0, 0.05) is 27.6 Å². The Labute approximate surface area is 177 Å². The first-order valence-corrected chi connectivity index (χ1v) is 10.4. The van der Waals surface area contributed by atoms with Crippen LogP contribution in [0.2, 0.25) is 10.0 Å². The number of H-pyrrole nitrogens is 1. The zero-order valence-electron chi connectivity index (χ0n) is 15.1. The van der Waals surface area contributed by atoms with Gasteiger partial charge < -0.3 is 9.72 Å². The number of hydrogen-bond acceptors (Lipinski definition) is 4. The average Bonchev–Trinajstić information content (AvgIpc) is 3.09. The van der Waals surface area contributed by atoms with Crippen LogP contribution in [0.25, 0.3) is 11.0 Å². The number of ether oxygens (including phenoxy) is 1. The van der Waals surface area contributed by atoms with E-state index in [0.717, 1.165) is 43.8 Å². The predicted molar refractivity (Wildman–Crippen MR) is 115 cm³/mol. The molecule has 0 saturated carbocycles. The number of nitrogens with one attached hydrogen (secondary N) is 1. The minimum absolute atomic E-state index is 0.485. The van der Waals surface area contributed by atoms with Gasteiger partial charge in [0.15, 0.2) is 5.16 Å². The molecule has 28 heavy (non-hydrogen) atoms. The number of pyridine rings is 1. The van der Waals surface area contributed by atoms with Crippen molar-refractivity contribution in [2.24, 2.45) is 0 Å². The fourth-order valence-corrected chi connectivity index (χ4v) is 3.97. The van der Waals surface area contributed by atoms with Gasteiger partial charge in [-0.05, 0) is 48.9 Å². The highest BCUT2D eigenvalue weighted by molar-refractivity contribution is 7.98. The maximum absolute atomic E-state index is 6.03. The summed E-state index contributed by atoms with van der Waals surface area (Å²) < 4.78 is 5.99. The van der Waals surface area contributed by atoms with E-state index in [4.69, 9.17) is 27.9 Å². The van der Waals surface area contributed by atoms with Crippen LogP contribution in [0.4, 0.5) is 0 Å². The summed E-state index contributed by atoms with van der Waals surface area (Å²) in [5.74, 6) is 1.52. The van der Waals surface area contributed by atoms with Crippen molar-refractivity contribution in [1.82, 2.24) is 15.0 Å².